The van der Waals surface area contributed by atoms with Crippen LogP contribution in [0.25, 0.3) is 0 Å². The molecule has 0 amide bonds. The summed E-state index contributed by atoms with van der Waals surface area (Å²) in [4.78, 5) is 0. The molecule has 1 aromatic carbocycles. The van der Waals surface area contributed by atoms with Gasteiger partial charge in [0.25, 0.3) is 0 Å². The van der Waals surface area contributed by atoms with E-state index in [2.05, 4.69) is 6.92 Å². The van der Waals surface area contributed by atoms with Crippen LogP contribution in [0, 0.1) is 20.8 Å². The highest BCUT2D eigenvalue weighted by atomic mass is 16.3. The zero-order chi connectivity index (χ0) is 15.8. The number of unbranched alkanes of at least 4 members (excludes halogenated alkanes) is 7. The molecule has 1 aromatic rings. The molecule has 0 fully saturated rings. The Hall–Kier alpha value is -1.18. The molecule has 120 valence electrons. The Morgan fingerprint density at radius 2 is 1.10 bits per heavy atom. The van der Waals surface area contributed by atoms with Gasteiger partial charge in [-0.15, -0.1) is 0 Å². The highest BCUT2D eigenvalue weighted by molar-refractivity contribution is 5.56. The summed E-state index contributed by atoms with van der Waals surface area (Å²) in [6.07, 6.45) is 11.1. The van der Waals surface area contributed by atoms with Gasteiger partial charge in [0.05, 0.1) is 0 Å². The van der Waals surface area contributed by atoms with Gasteiger partial charge in [0.1, 0.15) is 11.5 Å². The number of hydrogen-bond acceptors (Lipinski definition) is 2. The summed E-state index contributed by atoms with van der Waals surface area (Å²) in [6.45, 7) is 7.88. The molecule has 2 nitrogen and oxygen atoms in total. The van der Waals surface area contributed by atoms with Crippen molar-refractivity contribution in [3.8, 4) is 11.5 Å². The summed E-state index contributed by atoms with van der Waals surface area (Å²) < 4.78 is 0. The third kappa shape index (κ3) is 4.94. The number of phenols is 2. The number of hydrogen-bond donors (Lipinski definition) is 2. The molecule has 0 unspecified atom stereocenters. The molecule has 0 heterocycles. The second kappa shape index (κ2) is 8.96. The normalized spacial score (nSPS) is 11.0. The molecule has 0 aromatic heterocycles. The Labute approximate surface area is 130 Å². The van der Waals surface area contributed by atoms with Crippen molar-refractivity contribution in [1.82, 2.24) is 0 Å². The van der Waals surface area contributed by atoms with Crippen LogP contribution >= 0.6 is 0 Å². The minimum Gasteiger partial charge on any atom is -0.507 e. The molecule has 21 heavy (non-hydrogen) atoms. The summed E-state index contributed by atoms with van der Waals surface area (Å²) in [5.41, 5.74) is 3.39. The van der Waals surface area contributed by atoms with Crippen LogP contribution in [0.15, 0.2) is 0 Å². The third-order valence-corrected chi connectivity index (χ3v) is 4.65. The molecule has 0 aliphatic carbocycles. The van der Waals surface area contributed by atoms with E-state index >= 15 is 0 Å². The minimum absolute atomic E-state index is 0.347. The van der Waals surface area contributed by atoms with Gasteiger partial charge >= 0.3 is 0 Å². The van der Waals surface area contributed by atoms with Crippen LogP contribution in [-0.2, 0) is 6.42 Å². The van der Waals surface area contributed by atoms with Gasteiger partial charge in [-0.05, 0) is 50.3 Å². The van der Waals surface area contributed by atoms with Crippen molar-refractivity contribution in [2.75, 3.05) is 0 Å². The maximum Gasteiger partial charge on any atom is 0.122 e. The largest absolute Gasteiger partial charge is 0.507 e. The molecule has 0 saturated carbocycles. The van der Waals surface area contributed by atoms with E-state index in [1.54, 1.807) is 0 Å². The second-order valence-electron chi connectivity index (χ2n) is 6.28. The quantitative estimate of drug-likeness (QED) is 0.452. The summed E-state index contributed by atoms with van der Waals surface area (Å²) in [5, 5.41) is 20.4. The van der Waals surface area contributed by atoms with E-state index in [9.17, 15) is 10.2 Å². The Morgan fingerprint density at radius 3 is 1.67 bits per heavy atom. The summed E-state index contributed by atoms with van der Waals surface area (Å²) in [6, 6.07) is 0. The van der Waals surface area contributed by atoms with Gasteiger partial charge in [0.15, 0.2) is 0 Å². The Bertz CT molecular complexity index is 420. The van der Waals surface area contributed by atoms with E-state index in [-0.39, 0.29) is 0 Å². The molecule has 2 heteroatoms. The van der Waals surface area contributed by atoms with Crippen LogP contribution in [-0.4, -0.2) is 10.2 Å². The monoisotopic (exact) mass is 292 g/mol. The lowest BCUT2D eigenvalue weighted by molar-refractivity contribution is 0.441. The molecule has 0 radical (unpaired) electrons. The zero-order valence-electron chi connectivity index (χ0n) is 14.3. The van der Waals surface area contributed by atoms with Crippen molar-refractivity contribution in [2.45, 2.75) is 85.5 Å². The van der Waals surface area contributed by atoms with Crippen LogP contribution in [0.1, 0.15) is 80.5 Å². The maximum atomic E-state index is 10.3. The average molecular weight is 292 g/mol. The van der Waals surface area contributed by atoms with Crippen LogP contribution in [0.2, 0.25) is 0 Å². The van der Waals surface area contributed by atoms with E-state index in [1.165, 1.54) is 44.9 Å². The van der Waals surface area contributed by atoms with Crippen LogP contribution in [0.3, 0.4) is 0 Å². The molecular formula is C19H32O2. The van der Waals surface area contributed by atoms with E-state index in [0.29, 0.717) is 11.5 Å². The number of phenolic OH excluding ortho intramolecular Hbond substituents is 2. The van der Waals surface area contributed by atoms with E-state index in [4.69, 9.17) is 0 Å². The van der Waals surface area contributed by atoms with Crippen LogP contribution in [0.4, 0.5) is 0 Å². The van der Waals surface area contributed by atoms with Gasteiger partial charge in [0.2, 0.25) is 0 Å². The number of benzene rings is 1. The van der Waals surface area contributed by atoms with E-state index in [1.807, 2.05) is 20.8 Å². The topological polar surface area (TPSA) is 40.5 Å². The summed E-state index contributed by atoms with van der Waals surface area (Å²) >= 11 is 0. The lowest BCUT2D eigenvalue weighted by atomic mass is 9.94. The molecule has 0 spiro atoms. The van der Waals surface area contributed by atoms with Crippen molar-refractivity contribution < 1.29 is 10.2 Å². The summed E-state index contributed by atoms with van der Waals surface area (Å²) in [7, 11) is 0. The molecule has 0 saturated heterocycles. The van der Waals surface area contributed by atoms with Gasteiger partial charge in [-0.2, -0.15) is 0 Å². The Balaban J connectivity index is 2.43. The van der Waals surface area contributed by atoms with Gasteiger partial charge < -0.3 is 10.2 Å². The third-order valence-electron chi connectivity index (χ3n) is 4.65. The highest BCUT2D eigenvalue weighted by Gasteiger charge is 2.15. The van der Waals surface area contributed by atoms with Crippen molar-refractivity contribution in [1.29, 1.82) is 0 Å². The molecule has 2 N–H and O–H groups in total. The molecule has 0 atom stereocenters. The molecule has 0 bridgehead atoms. The van der Waals surface area contributed by atoms with Crippen molar-refractivity contribution in [3.05, 3.63) is 22.3 Å². The smallest absolute Gasteiger partial charge is 0.122 e. The molecule has 1 rings (SSSR count). The van der Waals surface area contributed by atoms with Crippen molar-refractivity contribution >= 4 is 0 Å². The number of aromatic hydroxyl groups is 2. The molecule has 0 aliphatic heterocycles. The van der Waals surface area contributed by atoms with Crippen molar-refractivity contribution in [3.63, 3.8) is 0 Å². The van der Waals surface area contributed by atoms with Crippen LogP contribution in [0.5, 0.6) is 11.5 Å². The second-order valence-corrected chi connectivity index (χ2v) is 6.28. The Morgan fingerprint density at radius 1 is 0.619 bits per heavy atom. The fourth-order valence-electron chi connectivity index (χ4n) is 2.92. The Kier molecular flexibility index (Phi) is 7.63. The van der Waals surface area contributed by atoms with Gasteiger partial charge in [-0.1, -0.05) is 51.9 Å². The fraction of sp³-hybridized carbons (Fsp3) is 0.684. The first-order valence-electron chi connectivity index (χ1n) is 8.51. The minimum atomic E-state index is 0.347. The molecule has 0 aliphatic rings. The summed E-state index contributed by atoms with van der Waals surface area (Å²) in [5.74, 6) is 0.727. The van der Waals surface area contributed by atoms with Gasteiger partial charge in [0, 0.05) is 5.56 Å². The molecular weight excluding hydrogens is 260 g/mol. The standard InChI is InChI=1S/C19H32O2/c1-5-6-7-8-9-10-11-12-13-17-16(4)18(20)14(2)15(3)19(17)21/h20-21H,5-13H2,1-4H3. The first kappa shape index (κ1) is 17.9. The lowest BCUT2D eigenvalue weighted by Crippen LogP contribution is -1.97. The van der Waals surface area contributed by atoms with Gasteiger partial charge in [-0.3, -0.25) is 0 Å². The van der Waals surface area contributed by atoms with Crippen molar-refractivity contribution in [2.24, 2.45) is 0 Å². The maximum absolute atomic E-state index is 10.3. The highest BCUT2D eigenvalue weighted by Crippen LogP contribution is 2.36. The van der Waals surface area contributed by atoms with E-state index < -0.39 is 0 Å². The first-order chi connectivity index (χ1) is 10.0. The fourth-order valence-corrected chi connectivity index (χ4v) is 2.92. The predicted octanol–water partition coefficient (Wildman–Crippen LogP) is 5.71. The average Bonchev–Trinajstić information content (AvgIpc) is 2.49. The predicted molar refractivity (Wildman–Crippen MR) is 90.3 cm³/mol. The number of rotatable bonds is 9. The van der Waals surface area contributed by atoms with Crippen LogP contribution < -0.4 is 0 Å². The van der Waals surface area contributed by atoms with E-state index in [0.717, 1.165) is 35.1 Å². The first-order valence-corrected chi connectivity index (χ1v) is 8.51. The van der Waals surface area contributed by atoms with Gasteiger partial charge in [-0.25, -0.2) is 0 Å². The lowest BCUT2D eigenvalue weighted by Gasteiger charge is -2.15. The zero-order valence-corrected chi connectivity index (χ0v) is 14.3. The SMILES string of the molecule is CCCCCCCCCCc1c(C)c(O)c(C)c(C)c1O.